The minimum absolute atomic E-state index is 0.302. The van der Waals surface area contributed by atoms with Crippen LogP contribution in [-0.4, -0.2) is 26.7 Å². The Kier molecular flexibility index (Phi) is 6.37. The van der Waals surface area contributed by atoms with Crippen molar-refractivity contribution in [3.63, 3.8) is 0 Å². The molecule has 3 aromatic heterocycles. The molecule has 0 aliphatic rings. The number of rotatable bonds is 7. The van der Waals surface area contributed by atoms with Gasteiger partial charge in [-0.2, -0.15) is 5.10 Å². The van der Waals surface area contributed by atoms with Gasteiger partial charge in [-0.15, -0.1) is 0 Å². The molecule has 6 rings (SSSR count). The van der Waals surface area contributed by atoms with Crippen molar-refractivity contribution in [1.29, 1.82) is 0 Å². The summed E-state index contributed by atoms with van der Waals surface area (Å²) < 4.78 is 7.96. The highest BCUT2D eigenvalue weighted by atomic mass is 32.2. The Balaban J connectivity index is 1.10. The number of para-hydroxylation sites is 2. The van der Waals surface area contributed by atoms with Crippen molar-refractivity contribution >= 4 is 34.9 Å². The van der Waals surface area contributed by atoms with Gasteiger partial charge in [-0.3, -0.25) is 4.79 Å². The van der Waals surface area contributed by atoms with E-state index in [1.54, 1.807) is 18.2 Å². The van der Waals surface area contributed by atoms with Gasteiger partial charge in [-0.1, -0.05) is 42.5 Å². The predicted molar refractivity (Wildman–Crippen MR) is 150 cm³/mol. The maximum absolute atomic E-state index is 12.6. The number of amides is 1. The monoisotopic (exact) mass is 517 g/mol. The van der Waals surface area contributed by atoms with Crippen molar-refractivity contribution in [3.8, 4) is 16.9 Å². The average Bonchev–Trinajstić information content (AvgIpc) is 3.67. The van der Waals surface area contributed by atoms with Crippen LogP contribution in [-0.2, 0) is 0 Å². The average molecular weight is 518 g/mol. The van der Waals surface area contributed by atoms with Gasteiger partial charge in [0.25, 0.3) is 5.91 Å². The SMILES string of the molecule is Cc1ccc(-c2ccccc2)n1-c1ccc(C(=O)N/N=C/c2ccc(Sc3nc4ccccc4[nH]3)o2)cc1. The van der Waals surface area contributed by atoms with Crippen molar-refractivity contribution in [2.45, 2.75) is 17.2 Å². The van der Waals surface area contributed by atoms with E-state index in [0.29, 0.717) is 16.4 Å². The van der Waals surface area contributed by atoms with Gasteiger partial charge in [-0.25, -0.2) is 10.4 Å². The van der Waals surface area contributed by atoms with Gasteiger partial charge >= 0.3 is 0 Å². The van der Waals surface area contributed by atoms with Gasteiger partial charge < -0.3 is 14.0 Å². The van der Waals surface area contributed by atoms with E-state index in [2.05, 4.69) is 56.3 Å². The third-order valence-electron chi connectivity index (χ3n) is 6.06. The van der Waals surface area contributed by atoms with Crippen LogP contribution in [0, 0.1) is 6.92 Å². The lowest BCUT2D eigenvalue weighted by atomic mass is 10.1. The molecule has 38 heavy (non-hydrogen) atoms. The number of carbonyl (C=O) groups is 1. The fourth-order valence-electron chi connectivity index (χ4n) is 4.23. The lowest BCUT2D eigenvalue weighted by molar-refractivity contribution is 0.0955. The maximum atomic E-state index is 12.6. The number of nitrogens with one attached hydrogen (secondary N) is 2. The van der Waals surface area contributed by atoms with Gasteiger partial charge in [0.1, 0.15) is 5.76 Å². The normalized spacial score (nSPS) is 11.4. The molecule has 3 heterocycles. The summed E-state index contributed by atoms with van der Waals surface area (Å²) in [5.74, 6) is 0.222. The summed E-state index contributed by atoms with van der Waals surface area (Å²) in [6, 6.07) is 33.4. The predicted octanol–water partition coefficient (Wildman–Crippen LogP) is 6.84. The molecule has 0 aliphatic carbocycles. The number of imidazole rings is 1. The van der Waals surface area contributed by atoms with E-state index >= 15 is 0 Å². The highest BCUT2D eigenvalue weighted by molar-refractivity contribution is 7.99. The molecule has 0 spiro atoms. The molecule has 7 nitrogen and oxygen atoms in total. The van der Waals surface area contributed by atoms with Crippen LogP contribution < -0.4 is 5.43 Å². The number of fused-ring (bicyclic) bond motifs is 1. The second-order valence-corrected chi connectivity index (χ2v) is 9.62. The number of aromatic nitrogens is 3. The highest BCUT2D eigenvalue weighted by Gasteiger charge is 2.11. The molecule has 1 amide bonds. The molecule has 0 unspecified atom stereocenters. The fraction of sp³-hybridized carbons (Fsp3) is 0.0333. The second-order valence-electron chi connectivity index (χ2n) is 8.63. The Morgan fingerprint density at radius 3 is 2.55 bits per heavy atom. The van der Waals surface area contributed by atoms with Crippen LogP contribution in [0.5, 0.6) is 0 Å². The van der Waals surface area contributed by atoms with Crippen molar-refractivity contribution in [1.82, 2.24) is 20.0 Å². The quantitative estimate of drug-likeness (QED) is 0.179. The molecule has 8 heteroatoms. The Morgan fingerprint density at radius 1 is 0.947 bits per heavy atom. The summed E-state index contributed by atoms with van der Waals surface area (Å²) in [6.45, 7) is 2.07. The van der Waals surface area contributed by atoms with E-state index in [-0.39, 0.29) is 5.91 Å². The molecule has 186 valence electrons. The molecule has 0 radical (unpaired) electrons. The first-order chi connectivity index (χ1) is 18.6. The number of hydrogen-bond acceptors (Lipinski definition) is 5. The third-order valence-corrected chi connectivity index (χ3v) is 6.87. The lowest BCUT2D eigenvalue weighted by Crippen LogP contribution is -2.17. The van der Waals surface area contributed by atoms with Crippen LogP contribution in [0.1, 0.15) is 21.8 Å². The van der Waals surface area contributed by atoms with Gasteiger partial charge in [-0.05, 0) is 84.9 Å². The number of hydrogen-bond donors (Lipinski definition) is 2. The maximum Gasteiger partial charge on any atom is 0.271 e. The number of H-pyrrole nitrogens is 1. The Hall–Kier alpha value is -4.82. The first-order valence-electron chi connectivity index (χ1n) is 12.0. The number of furan rings is 1. The zero-order valence-corrected chi connectivity index (χ0v) is 21.3. The Bertz CT molecular complexity index is 1710. The number of hydrazone groups is 1. The van der Waals surface area contributed by atoms with Gasteiger partial charge in [0.15, 0.2) is 10.2 Å². The number of carbonyl (C=O) groups excluding carboxylic acids is 1. The van der Waals surface area contributed by atoms with E-state index in [0.717, 1.165) is 38.8 Å². The Labute approximate surface area is 223 Å². The third kappa shape index (κ3) is 4.89. The molecule has 0 saturated carbocycles. The number of aromatic amines is 1. The number of aryl methyl sites for hydroxylation is 1. The molecule has 3 aromatic carbocycles. The fourth-order valence-corrected chi connectivity index (χ4v) is 5.00. The van der Waals surface area contributed by atoms with E-state index in [9.17, 15) is 4.79 Å². The highest BCUT2D eigenvalue weighted by Crippen LogP contribution is 2.29. The standard InChI is InChI=1S/C30H23N5O2S/c1-20-11-17-27(21-7-3-2-4-8-21)35(20)23-14-12-22(13-15-23)29(36)34-31-19-24-16-18-28(37-24)38-30-32-25-9-5-6-10-26(25)33-30/h2-19H,1H3,(H,32,33)(H,34,36)/b31-19+. The molecule has 0 aliphatic heterocycles. The van der Waals surface area contributed by atoms with Crippen molar-refractivity contribution in [2.75, 3.05) is 0 Å². The van der Waals surface area contributed by atoms with E-state index in [1.807, 2.05) is 60.7 Å². The minimum atomic E-state index is -0.302. The van der Waals surface area contributed by atoms with Crippen LogP contribution in [0.25, 0.3) is 28.0 Å². The smallest absolute Gasteiger partial charge is 0.271 e. The van der Waals surface area contributed by atoms with Crippen LogP contribution in [0.4, 0.5) is 0 Å². The number of benzene rings is 3. The van der Waals surface area contributed by atoms with Crippen molar-refractivity contribution in [2.24, 2.45) is 5.10 Å². The number of nitrogens with zero attached hydrogens (tertiary/aromatic N) is 3. The molecule has 0 bridgehead atoms. The van der Waals surface area contributed by atoms with Crippen LogP contribution >= 0.6 is 11.8 Å². The molecule has 6 aromatic rings. The van der Waals surface area contributed by atoms with Crippen LogP contribution in [0.15, 0.2) is 123 Å². The topological polar surface area (TPSA) is 88.2 Å². The summed E-state index contributed by atoms with van der Waals surface area (Å²) in [6.07, 6.45) is 1.48. The summed E-state index contributed by atoms with van der Waals surface area (Å²) in [5.41, 5.74) is 9.28. The molecule has 0 saturated heterocycles. The second kappa shape index (κ2) is 10.3. The Morgan fingerprint density at radius 2 is 1.74 bits per heavy atom. The van der Waals surface area contributed by atoms with Crippen LogP contribution in [0.3, 0.4) is 0 Å². The summed E-state index contributed by atoms with van der Waals surface area (Å²) in [7, 11) is 0. The largest absolute Gasteiger partial charge is 0.448 e. The first kappa shape index (κ1) is 23.6. The van der Waals surface area contributed by atoms with Crippen molar-refractivity contribution < 1.29 is 9.21 Å². The summed E-state index contributed by atoms with van der Waals surface area (Å²) >= 11 is 1.39. The van der Waals surface area contributed by atoms with E-state index in [4.69, 9.17) is 4.42 Å². The van der Waals surface area contributed by atoms with E-state index in [1.165, 1.54) is 18.0 Å². The minimum Gasteiger partial charge on any atom is -0.448 e. The zero-order valence-electron chi connectivity index (χ0n) is 20.5. The first-order valence-corrected chi connectivity index (χ1v) is 12.9. The molecule has 2 N–H and O–H groups in total. The van der Waals surface area contributed by atoms with Gasteiger partial charge in [0, 0.05) is 16.9 Å². The summed E-state index contributed by atoms with van der Waals surface area (Å²) in [5, 5.41) is 5.47. The van der Waals surface area contributed by atoms with Gasteiger partial charge in [0.2, 0.25) is 0 Å². The molecule has 0 atom stereocenters. The zero-order chi connectivity index (χ0) is 25.9. The van der Waals surface area contributed by atoms with E-state index < -0.39 is 0 Å². The molecular formula is C30H23N5O2S. The summed E-state index contributed by atoms with van der Waals surface area (Å²) in [4.78, 5) is 20.4. The molecule has 0 fully saturated rings. The van der Waals surface area contributed by atoms with Gasteiger partial charge in [0.05, 0.1) is 22.9 Å². The molecular weight excluding hydrogens is 494 g/mol. The lowest BCUT2D eigenvalue weighted by Gasteiger charge is -2.12. The van der Waals surface area contributed by atoms with Crippen LogP contribution in [0.2, 0.25) is 0 Å². The van der Waals surface area contributed by atoms with Crippen molar-refractivity contribution in [3.05, 3.63) is 120 Å².